The zero-order chi connectivity index (χ0) is 11.3. The Hall–Kier alpha value is -0.810. The first-order chi connectivity index (χ1) is 7.19. The predicted molar refractivity (Wildman–Crippen MR) is 61.4 cm³/mol. The van der Waals surface area contributed by atoms with E-state index in [1.165, 1.54) is 13.2 Å². The molecule has 84 valence electrons. The lowest BCUT2D eigenvalue weighted by Gasteiger charge is -2.08. The molecule has 4 nitrogen and oxygen atoms in total. The number of halogens is 1. The van der Waals surface area contributed by atoms with Crippen LogP contribution in [0.3, 0.4) is 0 Å². The van der Waals surface area contributed by atoms with E-state index in [0.717, 1.165) is 10.9 Å². The summed E-state index contributed by atoms with van der Waals surface area (Å²) in [6.07, 6.45) is 2.55. The largest absolute Gasteiger partial charge is 0.495 e. The number of hydrogen-bond donors (Lipinski definition) is 0. The number of pyridine rings is 1. The van der Waals surface area contributed by atoms with Crippen molar-refractivity contribution in [1.29, 1.82) is 0 Å². The fourth-order valence-electron chi connectivity index (χ4n) is 1.24. The van der Waals surface area contributed by atoms with E-state index < -0.39 is 0 Å². The summed E-state index contributed by atoms with van der Waals surface area (Å²) < 4.78 is 12.4. The molecule has 0 unspecified atom stereocenters. The first kappa shape index (κ1) is 12.3. The molecule has 1 aromatic rings. The van der Waals surface area contributed by atoms with Gasteiger partial charge in [-0.3, -0.25) is 4.79 Å². The molecular formula is C10H14BrNO3. The van der Waals surface area contributed by atoms with Gasteiger partial charge < -0.3 is 14.0 Å². The number of ether oxygens (including phenoxy) is 2. The molecule has 0 aliphatic heterocycles. The molecule has 0 aromatic carbocycles. The molecular weight excluding hydrogens is 262 g/mol. The van der Waals surface area contributed by atoms with Gasteiger partial charge in [0, 0.05) is 32.5 Å². The van der Waals surface area contributed by atoms with Crippen LogP contribution < -0.4 is 10.3 Å². The minimum absolute atomic E-state index is 0.0637. The summed E-state index contributed by atoms with van der Waals surface area (Å²) >= 11 is 3.33. The van der Waals surface area contributed by atoms with E-state index in [9.17, 15) is 4.79 Å². The number of aromatic nitrogens is 1. The molecule has 0 aliphatic carbocycles. The van der Waals surface area contributed by atoms with Gasteiger partial charge in [0.15, 0.2) is 0 Å². The van der Waals surface area contributed by atoms with Gasteiger partial charge in [0.25, 0.3) is 5.56 Å². The first-order valence-corrected chi connectivity index (χ1v) is 5.41. The van der Waals surface area contributed by atoms with Crippen LogP contribution in [-0.2, 0) is 11.3 Å². The molecule has 0 spiro atoms. The first-order valence-electron chi connectivity index (χ1n) is 4.62. The van der Waals surface area contributed by atoms with Crippen molar-refractivity contribution in [3.05, 3.63) is 27.1 Å². The van der Waals surface area contributed by atoms with E-state index in [0.29, 0.717) is 18.9 Å². The Balaban J connectivity index is 2.81. The minimum atomic E-state index is -0.0637. The summed E-state index contributed by atoms with van der Waals surface area (Å²) in [5.41, 5.74) is -0.0637. The molecule has 5 heteroatoms. The molecule has 1 heterocycles. The van der Waals surface area contributed by atoms with E-state index >= 15 is 0 Å². The van der Waals surface area contributed by atoms with Gasteiger partial charge in [0.1, 0.15) is 5.75 Å². The Morgan fingerprint density at radius 3 is 2.80 bits per heavy atom. The molecule has 0 N–H and O–H groups in total. The summed E-state index contributed by atoms with van der Waals surface area (Å²) in [6, 6.07) is 1.47. The molecule has 0 bridgehead atoms. The van der Waals surface area contributed by atoms with Crippen molar-refractivity contribution >= 4 is 15.9 Å². The van der Waals surface area contributed by atoms with Gasteiger partial charge in [-0.1, -0.05) is 0 Å². The van der Waals surface area contributed by atoms with E-state index in [-0.39, 0.29) is 5.56 Å². The van der Waals surface area contributed by atoms with E-state index in [4.69, 9.17) is 9.47 Å². The molecule has 1 rings (SSSR count). The van der Waals surface area contributed by atoms with Crippen molar-refractivity contribution in [3.63, 3.8) is 0 Å². The van der Waals surface area contributed by atoms with Crippen LogP contribution in [0.5, 0.6) is 5.75 Å². The van der Waals surface area contributed by atoms with Crippen LogP contribution in [0.2, 0.25) is 0 Å². The molecule has 0 saturated heterocycles. The van der Waals surface area contributed by atoms with Crippen LogP contribution in [-0.4, -0.2) is 25.4 Å². The highest BCUT2D eigenvalue weighted by Crippen LogP contribution is 2.21. The van der Waals surface area contributed by atoms with E-state index in [1.807, 2.05) is 0 Å². The average molecular weight is 276 g/mol. The maximum absolute atomic E-state index is 11.6. The fourth-order valence-corrected chi connectivity index (χ4v) is 1.76. The van der Waals surface area contributed by atoms with Gasteiger partial charge in [-0.2, -0.15) is 0 Å². The monoisotopic (exact) mass is 275 g/mol. The third-order valence-electron chi connectivity index (χ3n) is 2.01. The van der Waals surface area contributed by atoms with Gasteiger partial charge in [-0.25, -0.2) is 0 Å². The second-order valence-corrected chi connectivity index (χ2v) is 3.92. The average Bonchev–Trinajstić information content (AvgIpc) is 2.23. The summed E-state index contributed by atoms with van der Waals surface area (Å²) in [5.74, 6) is 0.558. The topological polar surface area (TPSA) is 40.5 Å². The van der Waals surface area contributed by atoms with Gasteiger partial charge in [-0.15, -0.1) is 0 Å². The maximum atomic E-state index is 11.6. The maximum Gasteiger partial charge on any atom is 0.254 e. The second-order valence-electron chi connectivity index (χ2n) is 3.07. The third-order valence-corrected chi connectivity index (χ3v) is 2.61. The van der Waals surface area contributed by atoms with Gasteiger partial charge >= 0.3 is 0 Å². The Morgan fingerprint density at radius 2 is 2.20 bits per heavy atom. The Labute approximate surface area is 96.9 Å². The van der Waals surface area contributed by atoms with Crippen LogP contribution in [0.25, 0.3) is 0 Å². The van der Waals surface area contributed by atoms with Crippen LogP contribution >= 0.6 is 15.9 Å². The highest BCUT2D eigenvalue weighted by atomic mass is 79.9. The quantitative estimate of drug-likeness (QED) is 0.768. The lowest BCUT2D eigenvalue weighted by Crippen LogP contribution is -2.19. The predicted octanol–water partition coefficient (Wildman–Crippen LogP) is 1.66. The van der Waals surface area contributed by atoms with Gasteiger partial charge in [-0.05, 0) is 22.4 Å². The molecule has 0 aliphatic rings. The Morgan fingerprint density at radius 1 is 1.47 bits per heavy atom. The fraction of sp³-hybridized carbons (Fsp3) is 0.500. The highest BCUT2D eigenvalue weighted by Gasteiger charge is 2.04. The smallest absolute Gasteiger partial charge is 0.254 e. The number of hydrogen-bond acceptors (Lipinski definition) is 3. The molecule has 0 saturated carbocycles. The summed E-state index contributed by atoms with van der Waals surface area (Å²) in [5, 5.41) is 0. The summed E-state index contributed by atoms with van der Waals surface area (Å²) in [6.45, 7) is 1.30. The Kier molecular flexibility index (Phi) is 4.84. The van der Waals surface area contributed by atoms with Crippen molar-refractivity contribution in [1.82, 2.24) is 4.57 Å². The van der Waals surface area contributed by atoms with Crippen LogP contribution in [0.15, 0.2) is 21.5 Å². The molecule has 1 aromatic heterocycles. The highest BCUT2D eigenvalue weighted by molar-refractivity contribution is 9.10. The number of rotatable bonds is 5. The summed E-state index contributed by atoms with van der Waals surface area (Å²) in [7, 11) is 3.18. The zero-order valence-corrected chi connectivity index (χ0v) is 10.4. The SMILES string of the molecule is COCCCn1cc(Br)c(OC)cc1=O. The number of methoxy groups -OCH3 is 2. The summed E-state index contributed by atoms with van der Waals surface area (Å²) in [4.78, 5) is 11.6. The van der Waals surface area contributed by atoms with Gasteiger partial charge in [0.2, 0.25) is 0 Å². The molecule has 15 heavy (non-hydrogen) atoms. The van der Waals surface area contributed by atoms with E-state index in [1.54, 1.807) is 17.9 Å². The molecule has 0 atom stereocenters. The van der Waals surface area contributed by atoms with Crippen molar-refractivity contribution in [3.8, 4) is 5.75 Å². The van der Waals surface area contributed by atoms with Crippen molar-refractivity contribution in [2.24, 2.45) is 0 Å². The molecule has 0 amide bonds. The second kappa shape index (κ2) is 5.92. The molecule has 0 fully saturated rings. The lowest BCUT2D eigenvalue weighted by molar-refractivity contribution is 0.190. The zero-order valence-electron chi connectivity index (χ0n) is 8.83. The minimum Gasteiger partial charge on any atom is -0.495 e. The number of nitrogens with zero attached hydrogens (tertiary/aromatic N) is 1. The van der Waals surface area contributed by atoms with Crippen molar-refractivity contribution in [2.75, 3.05) is 20.8 Å². The molecule has 0 radical (unpaired) electrons. The van der Waals surface area contributed by atoms with Gasteiger partial charge in [0.05, 0.1) is 11.6 Å². The Bertz CT molecular complexity index is 375. The standard InChI is InChI=1S/C10H14BrNO3/c1-14-5-3-4-12-7-8(11)9(15-2)6-10(12)13/h6-7H,3-5H2,1-2H3. The van der Waals surface area contributed by atoms with E-state index in [2.05, 4.69) is 15.9 Å². The van der Waals surface area contributed by atoms with Crippen LogP contribution in [0.4, 0.5) is 0 Å². The number of aryl methyl sites for hydroxylation is 1. The normalized spacial score (nSPS) is 10.3. The van der Waals surface area contributed by atoms with Crippen molar-refractivity contribution in [2.45, 2.75) is 13.0 Å². The van der Waals surface area contributed by atoms with Crippen LogP contribution in [0.1, 0.15) is 6.42 Å². The third kappa shape index (κ3) is 3.35. The lowest BCUT2D eigenvalue weighted by atomic mass is 10.4. The van der Waals surface area contributed by atoms with Crippen molar-refractivity contribution < 1.29 is 9.47 Å². The van der Waals surface area contributed by atoms with Crippen LogP contribution in [0, 0.1) is 0 Å².